The third-order valence-corrected chi connectivity index (χ3v) is 2.96. The van der Waals surface area contributed by atoms with Gasteiger partial charge in [-0.2, -0.15) is 11.8 Å². The topological polar surface area (TPSA) is 66.4 Å². The van der Waals surface area contributed by atoms with E-state index < -0.39 is 5.97 Å². The van der Waals surface area contributed by atoms with Crippen LogP contribution in [0.4, 0.5) is 5.69 Å². The van der Waals surface area contributed by atoms with Gasteiger partial charge in [-0.3, -0.25) is 4.79 Å². The van der Waals surface area contributed by atoms with Gasteiger partial charge in [0.1, 0.15) is 5.56 Å². The normalized spacial score (nSPS) is 10.0. The second-order valence-corrected chi connectivity index (χ2v) is 4.65. The number of nitrogens with one attached hydrogen (secondary N) is 1. The fourth-order valence-electron chi connectivity index (χ4n) is 1.25. The molecule has 0 spiro atoms. The Balaban J connectivity index is 2.87. The number of anilines is 1. The fraction of sp³-hybridized carbons (Fsp3) is 0.273. The highest BCUT2D eigenvalue weighted by Gasteiger charge is 2.15. The van der Waals surface area contributed by atoms with Crippen molar-refractivity contribution in [2.24, 2.45) is 0 Å². The summed E-state index contributed by atoms with van der Waals surface area (Å²) in [7, 11) is 0. The molecule has 1 aromatic carbocycles. The number of carboxylic acid groups (broad SMARTS) is 1. The maximum atomic E-state index is 11.5. The largest absolute Gasteiger partial charge is 0.478 e. The van der Waals surface area contributed by atoms with Crippen LogP contribution in [0.25, 0.3) is 0 Å². The van der Waals surface area contributed by atoms with Crippen LogP contribution in [-0.4, -0.2) is 29.0 Å². The Kier molecular flexibility index (Phi) is 5.31. The molecular weight excluding hydrogens is 262 g/mol. The molecule has 0 fully saturated rings. The van der Waals surface area contributed by atoms with Gasteiger partial charge in [-0.05, 0) is 18.4 Å². The molecule has 0 unspecified atom stereocenters. The van der Waals surface area contributed by atoms with Gasteiger partial charge in [-0.15, -0.1) is 0 Å². The Labute approximate surface area is 108 Å². The molecule has 4 nitrogen and oxygen atoms in total. The number of amides is 1. The summed E-state index contributed by atoms with van der Waals surface area (Å²) >= 11 is 7.33. The summed E-state index contributed by atoms with van der Waals surface area (Å²) in [6, 6.07) is 4.59. The third-order valence-electron chi connectivity index (χ3n) is 2.03. The van der Waals surface area contributed by atoms with E-state index in [-0.39, 0.29) is 22.2 Å². The molecule has 0 aliphatic heterocycles. The quantitative estimate of drug-likeness (QED) is 0.866. The van der Waals surface area contributed by atoms with Crippen LogP contribution in [0.1, 0.15) is 16.8 Å². The molecule has 0 atom stereocenters. The second-order valence-electron chi connectivity index (χ2n) is 3.26. The lowest BCUT2D eigenvalue weighted by atomic mass is 10.1. The SMILES string of the molecule is CSCCC(=O)Nc1cccc(Cl)c1C(=O)O. The summed E-state index contributed by atoms with van der Waals surface area (Å²) in [6.07, 6.45) is 2.24. The summed E-state index contributed by atoms with van der Waals surface area (Å²) < 4.78 is 0. The Hall–Kier alpha value is -1.20. The fourth-order valence-corrected chi connectivity index (χ4v) is 1.90. The maximum absolute atomic E-state index is 11.5. The van der Waals surface area contributed by atoms with Crippen LogP contribution in [0.2, 0.25) is 5.02 Å². The molecule has 0 bridgehead atoms. The van der Waals surface area contributed by atoms with Crippen LogP contribution in [0.3, 0.4) is 0 Å². The van der Waals surface area contributed by atoms with E-state index in [4.69, 9.17) is 16.7 Å². The number of thioether (sulfide) groups is 1. The first-order valence-electron chi connectivity index (χ1n) is 4.87. The molecule has 1 rings (SSSR count). The highest BCUT2D eigenvalue weighted by Crippen LogP contribution is 2.24. The zero-order chi connectivity index (χ0) is 12.8. The van der Waals surface area contributed by atoms with E-state index in [1.807, 2.05) is 6.26 Å². The molecule has 1 amide bonds. The second kappa shape index (κ2) is 6.51. The standard InChI is InChI=1S/C11H12ClNO3S/c1-17-6-5-9(14)13-8-4-2-3-7(12)10(8)11(15)16/h2-4H,5-6H2,1H3,(H,13,14)(H,15,16). The predicted molar refractivity (Wildman–Crippen MR) is 70.0 cm³/mol. The molecule has 0 aliphatic rings. The molecule has 2 N–H and O–H groups in total. The van der Waals surface area contributed by atoms with Gasteiger partial charge in [0, 0.05) is 12.2 Å². The van der Waals surface area contributed by atoms with Crippen LogP contribution in [0.15, 0.2) is 18.2 Å². The number of carbonyl (C=O) groups is 2. The Morgan fingerprint density at radius 3 is 2.76 bits per heavy atom. The average molecular weight is 274 g/mol. The van der Waals surface area contributed by atoms with E-state index in [9.17, 15) is 9.59 Å². The monoisotopic (exact) mass is 273 g/mol. The van der Waals surface area contributed by atoms with E-state index in [1.54, 1.807) is 17.8 Å². The number of hydrogen-bond donors (Lipinski definition) is 2. The smallest absolute Gasteiger partial charge is 0.339 e. The minimum Gasteiger partial charge on any atom is -0.478 e. The lowest BCUT2D eigenvalue weighted by molar-refractivity contribution is -0.115. The van der Waals surface area contributed by atoms with Crippen molar-refractivity contribution in [3.63, 3.8) is 0 Å². The summed E-state index contributed by atoms with van der Waals surface area (Å²) in [6.45, 7) is 0. The van der Waals surface area contributed by atoms with Crippen LogP contribution in [0, 0.1) is 0 Å². The van der Waals surface area contributed by atoms with Crippen molar-refractivity contribution in [3.05, 3.63) is 28.8 Å². The first-order valence-corrected chi connectivity index (χ1v) is 6.64. The third kappa shape index (κ3) is 3.94. The van der Waals surface area contributed by atoms with Crippen molar-refractivity contribution in [2.75, 3.05) is 17.3 Å². The Morgan fingerprint density at radius 1 is 1.47 bits per heavy atom. The van der Waals surface area contributed by atoms with Gasteiger partial charge in [0.05, 0.1) is 10.7 Å². The van der Waals surface area contributed by atoms with Gasteiger partial charge < -0.3 is 10.4 Å². The number of benzene rings is 1. The Morgan fingerprint density at radius 2 is 2.18 bits per heavy atom. The number of hydrogen-bond acceptors (Lipinski definition) is 3. The Bertz CT molecular complexity index is 437. The van der Waals surface area contributed by atoms with Crippen molar-refractivity contribution in [2.45, 2.75) is 6.42 Å². The average Bonchev–Trinajstić information content (AvgIpc) is 2.25. The molecule has 0 aliphatic carbocycles. The first-order chi connectivity index (χ1) is 8.06. The summed E-state index contributed by atoms with van der Waals surface area (Å²) in [5, 5.41) is 11.7. The van der Waals surface area contributed by atoms with Crippen molar-refractivity contribution < 1.29 is 14.7 Å². The van der Waals surface area contributed by atoms with Crippen LogP contribution < -0.4 is 5.32 Å². The highest BCUT2D eigenvalue weighted by atomic mass is 35.5. The molecule has 92 valence electrons. The molecule has 17 heavy (non-hydrogen) atoms. The molecule has 0 heterocycles. The summed E-state index contributed by atoms with van der Waals surface area (Å²) in [5.41, 5.74) is 0.155. The first kappa shape index (κ1) is 13.9. The van der Waals surface area contributed by atoms with E-state index in [0.717, 1.165) is 0 Å². The van der Waals surface area contributed by atoms with Crippen LogP contribution in [-0.2, 0) is 4.79 Å². The minimum absolute atomic E-state index is 0.0772. The summed E-state index contributed by atoms with van der Waals surface area (Å²) in [5.74, 6) is -0.686. The van der Waals surface area contributed by atoms with E-state index in [2.05, 4.69) is 5.32 Å². The van der Waals surface area contributed by atoms with Gasteiger partial charge in [0.2, 0.25) is 5.91 Å². The molecule has 0 radical (unpaired) electrons. The van der Waals surface area contributed by atoms with Crippen molar-refractivity contribution in [1.82, 2.24) is 0 Å². The van der Waals surface area contributed by atoms with Gasteiger partial charge in [-0.25, -0.2) is 4.79 Å². The van der Waals surface area contributed by atoms with E-state index in [0.29, 0.717) is 12.2 Å². The number of rotatable bonds is 5. The lowest BCUT2D eigenvalue weighted by Crippen LogP contribution is -2.15. The molecule has 0 aromatic heterocycles. The van der Waals surface area contributed by atoms with Gasteiger partial charge >= 0.3 is 5.97 Å². The number of aromatic carboxylic acids is 1. The maximum Gasteiger partial charge on any atom is 0.339 e. The van der Waals surface area contributed by atoms with Crippen molar-refractivity contribution >= 4 is 40.9 Å². The van der Waals surface area contributed by atoms with Crippen molar-refractivity contribution in [3.8, 4) is 0 Å². The molecule has 1 aromatic rings. The van der Waals surface area contributed by atoms with E-state index >= 15 is 0 Å². The highest BCUT2D eigenvalue weighted by molar-refractivity contribution is 7.98. The van der Waals surface area contributed by atoms with Crippen molar-refractivity contribution in [1.29, 1.82) is 0 Å². The number of carbonyl (C=O) groups excluding carboxylic acids is 1. The van der Waals surface area contributed by atoms with E-state index in [1.165, 1.54) is 12.1 Å². The zero-order valence-electron chi connectivity index (χ0n) is 9.20. The van der Waals surface area contributed by atoms with Gasteiger partial charge in [0.25, 0.3) is 0 Å². The molecule has 0 saturated carbocycles. The minimum atomic E-state index is -1.16. The van der Waals surface area contributed by atoms with Crippen LogP contribution in [0.5, 0.6) is 0 Å². The molecular formula is C11H12ClNO3S. The zero-order valence-corrected chi connectivity index (χ0v) is 10.8. The number of carboxylic acids is 1. The predicted octanol–water partition coefficient (Wildman–Crippen LogP) is 2.73. The van der Waals surface area contributed by atoms with Gasteiger partial charge in [0.15, 0.2) is 0 Å². The van der Waals surface area contributed by atoms with Crippen LogP contribution >= 0.6 is 23.4 Å². The number of halogens is 1. The lowest BCUT2D eigenvalue weighted by Gasteiger charge is -2.09. The molecule has 0 saturated heterocycles. The summed E-state index contributed by atoms with van der Waals surface area (Å²) in [4.78, 5) is 22.5. The van der Waals surface area contributed by atoms with Gasteiger partial charge in [-0.1, -0.05) is 17.7 Å². The molecule has 6 heteroatoms.